The van der Waals surface area contributed by atoms with Crippen molar-refractivity contribution in [1.82, 2.24) is 5.32 Å². The molecule has 0 fully saturated rings. The first-order valence-corrected chi connectivity index (χ1v) is 3.95. The Kier molecular flexibility index (Phi) is 2.70. The van der Waals surface area contributed by atoms with Crippen molar-refractivity contribution in [3.8, 4) is 0 Å². The first-order valence-electron chi connectivity index (χ1n) is 3.95. The van der Waals surface area contributed by atoms with E-state index in [0.717, 1.165) is 0 Å². The van der Waals surface area contributed by atoms with E-state index in [1.807, 2.05) is 13.8 Å². The highest BCUT2D eigenvalue weighted by Gasteiger charge is 2.38. The Morgan fingerprint density at radius 3 is 1.55 bits per heavy atom. The number of nitrogens with one attached hydrogen (secondary N) is 1. The molecule has 0 aromatic rings. The number of carbonyl (C=O) groups is 1. The van der Waals surface area contributed by atoms with Crippen LogP contribution in [0.15, 0.2) is 0 Å². The summed E-state index contributed by atoms with van der Waals surface area (Å²) in [5, 5.41) is 2.67. The molecule has 0 aromatic carbocycles. The van der Waals surface area contributed by atoms with Gasteiger partial charge >= 0.3 is 0 Å². The van der Waals surface area contributed by atoms with Gasteiger partial charge in [0.2, 0.25) is 5.91 Å². The molecular formula is C9H19NO. The predicted octanol–water partition coefficient (Wildman–Crippen LogP) is 1.80. The van der Waals surface area contributed by atoms with Crippen LogP contribution in [0.4, 0.5) is 0 Å². The average Bonchev–Trinajstić information content (AvgIpc) is 1.83. The van der Waals surface area contributed by atoms with Gasteiger partial charge in [-0.25, -0.2) is 0 Å². The first-order chi connectivity index (χ1) is 4.73. The lowest BCUT2D eigenvalue weighted by Gasteiger charge is -2.36. The van der Waals surface area contributed by atoms with Crippen molar-refractivity contribution in [2.45, 2.75) is 34.6 Å². The Labute approximate surface area is 69.4 Å². The molecule has 0 bridgehead atoms. The molecule has 0 aliphatic carbocycles. The van der Waals surface area contributed by atoms with Crippen LogP contribution < -0.4 is 5.32 Å². The van der Waals surface area contributed by atoms with Crippen LogP contribution in [-0.4, -0.2) is 13.0 Å². The maximum absolute atomic E-state index is 11.4. The maximum Gasteiger partial charge on any atom is 0.225 e. The summed E-state index contributed by atoms with van der Waals surface area (Å²) in [6.45, 7) is 10.1. The van der Waals surface area contributed by atoms with Crippen molar-refractivity contribution >= 4 is 5.91 Å². The zero-order chi connectivity index (χ0) is 9.28. The fourth-order valence-corrected chi connectivity index (χ4v) is 0.653. The number of amides is 1. The Morgan fingerprint density at radius 1 is 1.09 bits per heavy atom. The second kappa shape index (κ2) is 2.84. The summed E-state index contributed by atoms with van der Waals surface area (Å²) in [4.78, 5) is 11.4. The number of carbonyl (C=O) groups excluding carboxylic acids is 1. The van der Waals surface area contributed by atoms with Crippen molar-refractivity contribution in [1.29, 1.82) is 0 Å². The molecule has 2 nitrogen and oxygen atoms in total. The van der Waals surface area contributed by atoms with Crippen LogP contribution in [0.2, 0.25) is 0 Å². The van der Waals surface area contributed by atoms with Crippen molar-refractivity contribution in [2.24, 2.45) is 10.8 Å². The van der Waals surface area contributed by atoms with E-state index >= 15 is 0 Å². The van der Waals surface area contributed by atoms with Gasteiger partial charge in [0.05, 0.1) is 0 Å². The van der Waals surface area contributed by atoms with Gasteiger partial charge in [-0.2, -0.15) is 0 Å². The molecular weight excluding hydrogens is 138 g/mol. The van der Waals surface area contributed by atoms with Gasteiger partial charge in [-0.1, -0.05) is 34.6 Å². The molecule has 0 saturated carbocycles. The molecule has 2 heteroatoms. The minimum atomic E-state index is -0.304. The highest BCUT2D eigenvalue weighted by Crippen LogP contribution is 2.37. The van der Waals surface area contributed by atoms with E-state index in [4.69, 9.17) is 0 Å². The summed E-state index contributed by atoms with van der Waals surface area (Å²) in [5.41, 5.74) is -0.297. The summed E-state index contributed by atoms with van der Waals surface area (Å²) in [5.74, 6) is 0.102. The van der Waals surface area contributed by atoms with Crippen LogP contribution in [0.1, 0.15) is 34.6 Å². The Bertz CT molecular complexity index is 153. The van der Waals surface area contributed by atoms with Gasteiger partial charge in [-0.05, 0) is 5.41 Å². The Morgan fingerprint density at radius 2 is 1.45 bits per heavy atom. The Balaban J connectivity index is 4.59. The highest BCUT2D eigenvalue weighted by molar-refractivity contribution is 5.82. The Hall–Kier alpha value is -0.530. The second-order valence-corrected chi connectivity index (χ2v) is 4.45. The third-order valence-electron chi connectivity index (χ3n) is 2.67. The van der Waals surface area contributed by atoms with Gasteiger partial charge in [0.25, 0.3) is 0 Å². The molecule has 0 radical (unpaired) electrons. The summed E-state index contributed by atoms with van der Waals surface area (Å²) in [6.07, 6.45) is 0. The topological polar surface area (TPSA) is 29.1 Å². The van der Waals surface area contributed by atoms with Gasteiger partial charge < -0.3 is 5.32 Å². The lowest BCUT2D eigenvalue weighted by Crippen LogP contribution is -2.43. The molecule has 0 aliphatic heterocycles. The predicted molar refractivity (Wildman–Crippen MR) is 47.3 cm³/mol. The minimum absolute atomic E-state index is 0.00704. The van der Waals surface area contributed by atoms with E-state index in [-0.39, 0.29) is 16.7 Å². The van der Waals surface area contributed by atoms with Gasteiger partial charge in [0, 0.05) is 12.5 Å². The molecule has 66 valence electrons. The standard InChI is InChI=1S/C9H19NO/c1-8(2,3)9(4,5)7(11)10-6/h1-6H3,(H,10,11). The summed E-state index contributed by atoms with van der Waals surface area (Å²) in [7, 11) is 1.68. The quantitative estimate of drug-likeness (QED) is 0.618. The monoisotopic (exact) mass is 157 g/mol. The fourth-order valence-electron chi connectivity index (χ4n) is 0.653. The van der Waals surface area contributed by atoms with Gasteiger partial charge in [-0.3, -0.25) is 4.79 Å². The SMILES string of the molecule is CNC(=O)C(C)(C)C(C)(C)C. The van der Waals surface area contributed by atoms with Gasteiger partial charge in [-0.15, -0.1) is 0 Å². The van der Waals surface area contributed by atoms with Gasteiger partial charge in [0.15, 0.2) is 0 Å². The van der Waals surface area contributed by atoms with Crippen LogP contribution in [0.3, 0.4) is 0 Å². The molecule has 1 amide bonds. The number of hydrogen-bond acceptors (Lipinski definition) is 1. The maximum atomic E-state index is 11.4. The lowest BCUT2D eigenvalue weighted by molar-refractivity contribution is -0.134. The smallest absolute Gasteiger partial charge is 0.225 e. The first kappa shape index (κ1) is 10.5. The minimum Gasteiger partial charge on any atom is -0.359 e. The van der Waals surface area contributed by atoms with Crippen molar-refractivity contribution in [3.05, 3.63) is 0 Å². The molecule has 0 saturated heterocycles. The highest BCUT2D eigenvalue weighted by atomic mass is 16.2. The summed E-state index contributed by atoms with van der Waals surface area (Å²) in [6, 6.07) is 0. The fraction of sp³-hybridized carbons (Fsp3) is 0.889. The van der Waals surface area contributed by atoms with Crippen LogP contribution >= 0.6 is 0 Å². The van der Waals surface area contributed by atoms with E-state index in [1.165, 1.54) is 0 Å². The largest absolute Gasteiger partial charge is 0.359 e. The third-order valence-corrected chi connectivity index (χ3v) is 2.67. The molecule has 11 heavy (non-hydrogen) atoms. The normalized spacial score (nSPS) is 12.9. The number of rotatable bonds is 1. The van der Waals surface area contributed by atoms with E-state index in [2.05, 4.69) is 26.1 Å². The molecule has 0 aromatic heterocycles. The molecule has 0 aliphatic rings. The van der Waals surface area contributed by atoms with Crippen LogP contribution in [0, 0.1) is 10.8 Å². The van der Waals surface area contributed by atoms with Crippen molar-refractivity contribution in [3.63, 3.8) is 0 Å². The molecule has 0 rings (SSSR count). The third kappa shape index (κ3) is 1.95. The number of hydrogen-bond donors (Lipinski definition) is 1. The van der Waals surface area contributed by atoms with Crippen molar-refractivity contribution < 1.29 is 4.79 Å². The van der Waals surface area contributed by atoms with Crippen molar-refractivity contribution in [2.75, 3.05) is 7.05 Å². The summed E-state index contributed by atoms with van der Waals surface area (Å²) < 4.78 is 0. The van der Waals surface area contributed by atoms with Crippen LogP contribution in [0.25, 0.3) is 0 Å². The molecule has 0 spiro atoms. The van der Waals surface area contributed by atoms with Crippen LogP contribution in [-0.2, 0) is 4.79 Å². The average molecular weight is 157 g/mol. The van der Waals surface area contributed by atoms with Crippen LogP contribution in [0.5, 0.6) is 0 Å². The van der Waals surface area contributed by atoms with E-state index in [0.29, 0.717) is 0 Å². The lowest BCUT2D eigenvalue weighted by atomic mass is 9.69. The molecule has 1 N–H and O–H groups in total. The zero-order valence-corrected chi connectivity index (χ0v) is 8.41. The zero-order valence-electron chi connectivity index (χ0n) is 8.41. The van der Waals surface area contributed by atoms with E-state index < -0.39 is 0 Å². The molecule has 0 unspecified atom stereocenters. The van der Waals surface area contributed by atoms with Gasteiger partial charge in [0.1, 0.15) is 0 Å². The van der Waals surface area contributed by atoms with E-state index in [9.17, 15) is 4.79 Å². The van der Waals surface area contributed by atoms with E-state index in [1.54, 1.807) is 7.05 Å². The molecule has 0 atom stereocenters. The second-order valence-electron chi connectivity index (χ2n) is 4.45. The molecule has 0 heterocycles. The summed E-state index contributed by atoms with van der Waals surface area (Å²) >= 11 is 0.